The van der Waals surface area contributed by atoms with Crippen LogP contribution in [0.2, 0.25) is 5.02 Å². The van der Waals surface area contributed by atoms with Crippen LogP contribution in [0.15, 0.2) is 12.1 Å². The number of methoxy groups -OCH3 is 1. The molecule has 0 aromatic heterocycles. The van der Waals surface area contributed by atoms with Gasteiger partial charge in [0.15, 0.2) is 11.5 Å². The van der Waals surface area contributed by atoms with Crippen LogP contribution in [0, 0.1) is 0 Å². The first kappa shape index (κ1) is 12.1. The van der Waals surface area contributed by atoms with Crippen LogP contribution in [0.4, 0.5) is 0 Å². The molecule has 2 N–H and O–H groups in total. The molecule has 0 heterocycles. The Bertz CT molecular complexity index is 467. The average molecular weight is 268 g/mol. The lowest BCUT2D eigenvalue weighted by Crippen LogP contribution is -2.24. The van der Waals surface area contributed by atoms with Crippen molar-refractivity contribution < 1.29 is 9.47 Å². The van der Waals surface area contributed by atoms with E-state index in [2.05, 4.69) is 0 Å². The molecular weight excluding hydrogens is 250 g/mol. The van der Waals surface area contributed by atoms with Gasteiger partial charge >= 0.3 is 0 Å². The molecule has 0 radical (unpaired) electrons. The summed E-state index contributed by atoms with van der Waals surface area (Å²) in [6.07, 6.45) is 5.56. The molecule has 2 saturated carbocycles. The second-order valence-electron chi connectivity index (χ2n) is 5.47. The molecule has 3 rings (SSSR count). The van der Waals surface area contributed by atoms with Gasteiger partial charge in [0.25, 0.3) is 0 Å². The Morgan fingerprint density at radius 2 is 2.11 bits per heavy atom. The number of benzene rings is 1. The van der Waals surface area contributed by atoms with E-state index in [1.165, 1.54) is 0 Å². The molecule has 0 atom stereocenters. The fourth-order valence-electron chi connectivity index (χ4n) is 2.09. The highest BCUT2D eigenvalue weighted by Crippen LogP contribution is 2.42. The third-order valence-corrected chi connectivity index (χ3v) is 3.83. The van der Waals surface area contributed by atoms with Crippen molar-refractivity contribution >= 4 is 11.6 Å². The fraction of sp³-hybridized carbons (Fsp3) is 0.571. The van der Waals surface area contributed by atoms with Gasteiger partial charge in [-0.05, 0) is 49.8 Å². The minimum Gasteiger partial charge on any atom is -0.493 e. The number of hydrogen-bond acceptors (Lipinski definition) is 3. The fourth-order valence-corrected chi connectivity index (χ4v) is 2.36. The lowest BCUT2D eigenvalue weighted by molar-refractivity contribution is 0.282. The normalized spacial score (nSPS) is 20.6. The van der Waals surface area contributed by atoms with Crippen molar-refractivity contribution in [3.63, 3.8) is 0 Å². The number of rotatable bonds is 5. The summed E-state index contributed by atoms with van der Waals surface area (Å²) in [5, 5.41) is 0.625. The Labute approximate surface area is 112 Å². The molecule has 1 aromatic carbocycles. The zero-order chi connectivity index (χ0) is 12.8. The first-order valence-electron chi connectivity index (χ1n) is 6.42. The predicted octanol–water partition coefficient (Wildman–Crippen LogP) is 2.92. The molecule has 0 bridgehead atoms. The van der Waals surface area contributed by atoms with E-state index in [-0.39, 0.29) is 5.54 Å². The molecule has 2 aliphatic rings. The van der Waals surface area contributed by atoms with E-state index >= 15 is 0 Å². The van der Waals surface area contributed by atoms with Crippen LogP contribution in [-0.4, -0.2) is 18.8 Å². The summed E-state index contributed by atoms with van der Waals surface area (Å²) in [5.41, 5.74) is 7.24. The van der Waals surface area contributed by atoms with Crippen molar-refractivity contribution in [2.24, 2.45) is 5.73 Å². The molecule has 1 aromatic rings. The Balaban J connectivity index is 1.85. The van der Waals surface area contributed by atoms with Gasteiger partial charge in [0.2, 0.25) is 0 Å². The molecule has 0 aliphatic heterocycles. The Kier molecular flexibility index (Phi) is 2.91. The lowest BCUT2D eigenvalue weighted by atomic mass is 10.0. The van der Waals surface area contributed by atoms with Gasteiger partial charge in [-0.2, -0.15) is 0 Å². The quantitative estimate of drug-likeness (QED) is 0.892. The maximum absolute atomic E-state index is 6.29. The van der Waals surface area contributed by atoms with E-state index in [1.54, 1.807) is 7.11 Å². The van der Waals surface area contributed by atoms with Crippen molar-refractivity contribution in [2.45, 2.75) is 43.7 Å². The Hall–Kier alpha value is -0.930. The summed E-state index contributed by atoms with van der Waals surface area (Å²) in [6.45, 7) is 0. The summed E-state index contributed by atoms with van der Waals surface area (Å²) < 4.78 is 11.2. The zero-order valence-corrected chi connectivity index (χ0v) is 11.3. The molecular formula is C14H18ClNO2. The van der Waals surface area contributed by atoms with Crippen LogP contribution in [0.5, 0.6) is 11.5 Å². The second-order valence-corrected chi connectivity index (χ2v) is 5.87. The third-order valence-electron chi connectivity index (χ3n) is 3.55. The van der Waals surface area contributed by atoms with Crippen molar-refractivity contribution in [3.05, 3.63) is 22.7 Å². The van der Waals surface area contributed by atoms with Gasteiger partial charge in [-0.15, -0.1) is 0 Å². The molecule has 0 unspecified atom stereocenters. The molecule has 2 aliphatic carbocycles. The third kappa shape index (κ3) is 2.57. The smallest absolute Gasteiger partial charge is 0.180 e. The second kappa shape index (κ2) is 4.32. The highest BCUT2D eigenvalue weighted by Gasteiger charge is 2.38. The molecule has 98 valence electrons. The molecule has 2 fully saturated rings. The summed E-state index contributed by atoms with van der Waals surface area (Å²) in [4.78, 5) is 0. The molecule has 18 heavy (non-hydrogen) atoms. The van der Waals surface area contributed by atoms with E-state index in [1.807, 2.05) is 12.1 Å². The van der Waals surface area contributed by atoms with Crippen LogP contribution in [0.1, 0.15) is 31.2 Å². The minimum absolute atomic E-state index is 0.0206. The van der Waals surface area contributed by atoms with Crippen LogP contribution in [-0.2, 0) is 6.42 Å². The average Bonchev–Trinajstić information content (AvgIpc) is 3.21. The topological polar surface area (TPSA) is 44.5 Å². The first-order chi connectivity index (χ1) is 8.59. The monoisotopic (exact) mass is 267 g/mol. The minimum atomic E-state index is -0.0206. The van der Waals surface area contributed by atoms with Crippen LogP contribution in [0.25, 0.3) is 0 Å². The van der Waals surface area contributed by atoms with Gasteiger partial charge in [-0.25, -0.2) is 0 Å². The van der Waals surface area contributed by atoms with Gasteiger partial charge in [0, 0.05) is 5.54 Å². The SMILES string of the molecule is COc1cc(CC2(N)CC2)cc(Cl)c1OC1CC1. The first-order valence-corrected chi connectivity index (χ1v) is 6.79. The highest BCUT2D eigenvalue weighted by atomic mass is 35.5. The van der Waals surface area contributed by atoms with Crippen LogP contribution < -0.4 is 15.2 Å². The Morgan fingerprint density at radius 1 is 1.39 bits per heavy atom. The molecule has 4 heteroatoms. The van der Waals surface area contributed by atoms with Crippen LogP contribution >= 0.6 is 11.6 Å². The van der Waals surface area contributed by atoms with Gasteiger partial charge in [0.05, 0.1) is 18.2 Å². The van der Waals surface area contributed by atoms with Crippen molar-refractivity contribution in [1.29, 1.82) is 0 Å². The molecule has 0 saturated heterocycles. The maximum Gasteiger partial charge on any atom is 0.180 e. The molecule has 0 amide bonds. The standard InChI is InChI=1S/C14H18ClNO2/c1-17-12-7-9(8-14(16)4-5-14)6-11(15)13(12)18-10-2-3-10/h6-7,10H,2-5,8,16H2,1H3. The van der Waals surface area contributed by atoms with Crippen molar-refractivity contribution in [1.82, 2.24) is 0 Å². The predicted molar refractivity (Wildman–Crippen MR) is 71.5 cm³/mol. The molecule has 3 nitrogen and oxygen atoms in total. The van der Waals surface area contributed by atoms with Gasteiger partial charge in [-0.1, -0.05) is 11.6 Å². The number of nitrogens with two attached hydrogens (primary N) is 1. The summed E-state index contributed by atoms with van der Waals surface area (Å²) in [6, 6.07) is 3.95. The van der Waals surface area contributed by atoms with E-state index in [0.717, 1.165) is 37.7 Å². The Morgan fingerprint density at radius 3 is 2.67 bits per heavy atom. The summed E-state index contributed by atoms with van der Waals surface area (Å²) >= 11 is 6.29. The van der Waals surface area contributed by atoms with Gasteiger partial charge < -0.3 is 15.2 Å². The summed E-state index contributed by atoms with van der Waals surface area (Å²) in [7, 11) is 1.64. The van der Waals surface area contributed by atoms with Crippen molar-refractivity contribution in [3.8, 4) is 11.5 Å². The largest absolute Gasteiger partial charge is 0.493 e. The van der Waals surface area contributed by atoms with E-state index in [0.29, 0.717) is 22.6 Å². The molecule has 0 spiro atoms. The van der Waals surface area contributed by atoms with Gasteiger partial charge in [0.1, 0.15) is 0 Å². The van der Waals surface area contributed by atoms with Gasteiger partial charge in [-0.3, -0.25) is 0 Å². The number of hydrogen-bond donors (Lipinski definition) is 1. The lowest BCUT2D eigenvalue weighted by Gasteiger charge is -2.15. The highest BCUT2D eigenvalue weighted by molar-refractivity contribution is 6.32. The van der Waals surface area contributed by atoms with E-state index in [9.17, 15) is 0 Å². The number of halogens is 1. The summed E-state index contributed by atoms with van der Waals surface area (Å²) in [5.74, 6) is 1.39. The zero-order valence-electron chi connectivity index (χ0n) is 10.5. The van der Waals surface area contributed by atoms with Crippen molar-refractivity contribution in [2.75, 3.05) is 7.11 Å². The van der Waals surface area contributed by atoms with Crippen LogP contribution in [0.3, 0.4) is 0 Å². The number of ether oxygens (including phenoxy) is 2. The van der Waals surface area contributed by atoms with E-state index < -0.39 is 0 Å². The van der Waals surface area contributed by atoms with E-state index in [4.69, 9.17) is 26.8 Å². The maximum atomic E-state index is 6.29.